The number of aromatic nitrogens is 2. The third-order valence-corrected chi connectivity index (χ3v) is 3.88. The van der Waals surface area contributed by atoms with Crippen molar-refractivity contribution in [3.63, 3.8) is 0 Å². The van der Waals surface area contributed by atoms with Crippen LogP contribution in [0.25, 0.3) is 0 Å². The van der Waals surface area contributed by atoms with Crippen LogP contribution in [0.3, 0.4) is 0 Å². The summed E-state index contributed by atoms with van der Waals surface area (Å²) < 4.78 is 14.0. The minimum Gasteiger partial charge on any atom is -0.341 e. The molecule has 0 spiro atoms. The molecule has 0 N–H and O–H groups in total. The van der Waals surface area contributed by atoms with Crippen molar-refractivity contribution in [1.82, 2.24) is 9.97 Å². The van der Waals surface area contributed by atoms with Crippen molar-refractivity contribution in [1.29, 1.82) is 0 Å². The lowest BCUT2D eigenvalue weighted by Gasteiger charge is -2.34. The van der Waals surface area contributed by atoms with Crippen molar-refractivity contribution in [2.45, 2.75) is 6.54 Å². The van der Waals surface area contributed by atoms with Crippen LogP contribution in [0.2, 0.25) is 10.3 Å². The molecule has 8 heteroatoms. The van der Waals surface area contributed by atoms with Crippen molar-refractivity contribution < 1.29 is 9.18 Å². The fourth-order valence-electron chi connectivity index (χ4n) is 2.28. The van der Waals surface area contributed by atoms with E-state index >= 15 is 0 Å². The first kappa shape index (κ1) is 15.0. The quantitative estimate of drug-likeness (QED) is 0.788. The zero-order valence-corrected chi connectivity index (χ0v) is 13.1. The number of hydrogen-bond acceptors (Lipinski definition) is 4. The molecule has 1 aliphatic rings. The Kier molecular flexibility index (Phi) is 3.88. The lowest BCUT2D eigenvalue weighted by molar-refractivity contribution is -0.117. The SMILES string of the molecule is CN1C(=O)CN(Cc2ccc(Cl)cc2F)c2nc(Cl)ncc21. The first-order chi connectivity index (χ1) is 10.5. The Bertz CT molecular complexity index is 756. The third-order valence-electron chi connectivity index (χ3n) is 3.46. The fraction of sp³-hybridized carbons (Fsp3) is 0.214. The number of carbonyl (C=O) groups is 1. The maximum Gasteiger partial charge on any atom is 0.246 e. The zero-order valence-electron chi connectivity index (χ0n) is 11.6. The summed E-state index contributed by atoms with van der Waals surface area (Å²) in [4.78, 5) is 23.2. The average Bonchev–Trinajstić information content (AvgIpc) is 2.47. The number of fused-ring (bicyclic) bond motifs is 1. The van der Waals surface area contributed by atoms with Crippen molar-refractivity contribution >= 4 is 40.6 Å². The van der Waals surface area contributed by atoms with E-state index in [0.29, 0.717) is 22.1 Å². The van der Waals surface area contributed by atoms with Crippen LogP contribution in [0, 0.1) is 5.82 Å². The van der Waals surface area contributed by atoms with Gasteiger partial charge >= 0.3 is 0 Å². The van der Waals surface area contributed by atoms with Crippen molar-refractivity contribution in [3.8, 4) is 0 Å². The molecule has 1 aromatic heterocycles. The van der Waals surface area contributed by atoms with Gasteiger partial charge in [0.05, 0.1) is 12.7 Å². The van der Waals surface area contributed by atoms with E-state index in [0.717, 1.165) is 0 Å². The number of hydrogen-bond donors (Lipinski definition) is 0. The number of anilines is 2. The Balaban J connectivity index is 1.99. The highest BCUT2D eigenvalue weighted by atomic mass is 35.5. The highest BCUT2D eigenvalue weighted by molar-refractivity contribution is 6.30. The summed E-state index contributed by atoms with van der Waals surface area (Å²) in [6.07, 6.45) is 1.48. The Labute approximate surface area is 136 Å². The highest BCUT2D eigenvalue weighted by Crippen LogP contribution is 2.32. The van der Waals surface area contributed by atoms with Crippen LogP contribution in [0.5, 0.6) is 0 Å². The molecule has 0 atom stereocenters. The molecule has 3 rings (SSSR count). The maximum atomic E-state index is 14.0. The number of halogens is 3. The van der Waals surface area contributed by atoms with Crippen LogP contribution in [0.4, 0.5) is 15.9 Å². The van der Waals surface area contributed by atoms with Gasteiger partial charge < -0.3 is 9.80 Å². The number of likely N-dealkylation sites (N-methyl/N-ethyl adjacent to an activating group) is 1. The van der Waals surface area contributed by atoms with Gasteiger partial charge in [0.15, 0.2) is 5.82 Å². The molecule has 5 nitrogen and oxygen atoms in total. The summed E-state index contributed by atoms with van der Waals surface area (Å²) >= 11 is 11.6. The van der Waals surface area contributed by atoms with Gasteiger partial charge in [0.1, 0.15) is 11.5 Å². The summed E-state index contributed by atoms with van der Waals surface area (Å²) in [5.41, 5.74) is 0.956. The van der Waals surface area contributed by atoms with Crippen LogP contribution >= 0.6 is 23.2 Å². The van der Waals surface area contributed by atoms with Crippen LogP contribution in [-0.4, -0.2) is 29.5 Å². The predicted octanol–water partition coefficient (Wildman–Crippen LogP) is 2.91. The minimum absolute atomic E-state index is 0.0723. The third kappa shape index (κ3) is 2.71. The van der Waals surface area contributed by atoms with E-state index in [9.17, 15) is 9.18 Å². The van der Waals surface area contributed by atoms with E-state index in [1.54, 1.807) is 24.1 Å². The Morgan fingerprint density at radius 3 is 2.86 bits per heavy atom. The van der Waals surface area contributed by atoms with Gasteiger partial charge in [-0.2, -0.15) is 4.98 Å². The van der Waals surface area contributed by atoms with Gasteiger partial charge in [-0.3, -0.25) is 4.79 Å². The molecule has 114 valence electrons. The number of nitrogens with zero attached hydrogens (tertiary/aromatic N) is 4. The van der Waals surface area contributed by atoms with E-state index in [-0.39, 0.29) is 24.3 Å². The molecule has 0 saturated heterocycles. The van der Waals surface area contributed by atoms with E-state index < -0.39 is 5.82 Å². The first-order valence-corrected chi connectivity index (χ1v) is 7.19. The van der Waals surface area contributed by atoms with Crippen LogP contribution < -0.4 is 9.80 Å². The minimum atomic E-state index is -0.430. The number of rotatable bonds is 2. The Morgan fingerprint density at radius 2 is 2.14 bits per heavy atom. The van der Waals surface area contributed by atoms with Crippen molar-refractivity contribution in [2.24, 2.45) is 0 Å². The second-order valence-electron chi connectivity index (χ2n) is 4.89. The molecule has 0 bridgehead atoms. The summed E-state index contributed by atoms with van der Waals surface area (Å²) in [7, 11) is 1.64. The molecule has 2 aromatic rings. The number of benzene rings is 1. The topological polar surface area (TPSA) is 49.3 Å². The molecule has 0 aliphatic carbocycles. The molecule has 1 aliphatic heterocycles. The van der Waals surface area contributed by atoms with Crippen LogP contribution in [0.15, 0.2) is 24.4 Å². The molecule has 1 aromatic carbocycles. The van der Waals surface area contributed by atoms with Crippen molar-refractivity contribution in [2.75, 3.05) is 23.4 Å². The fourth-order valence-corrected chi connectivity index (χ4v) is 2.57. The van der Waals surface area contributed by atoms with Gasteiger partial charge in [0.25, 0.3) is 0 Å². The van der Waals surface area contributed by atoms with Gasteiger partial charge in [-0.25, -0.2) is 9.37 Å². The van der Waals surface area contributed by atoms with E-state index in [1.165, 1.54) is 17.2 Å². The normalized spacial score (nSPS) is 14.3. The van der Waals surface area contributed by atoms with E-state index in [4.69, 9.17) is 23.2 Å². The van der Waals surface area contributed by atoms with Gasteiger partial charge in [0.2, 0.25) is 11.2 Å². The predicted molar refractivity (Wildman–Crippen MR) is 82.9 cm³/mol. The van der Waals surface area contributed by atoms with Gasteiger partial charge in [-0.1, -0.05) is 17.7 Å². The average molecular weight is 341 g/mol. The smallest absolute Gasteiger partial charge is 0.246 e. The second-order valence-corrected chi connectivity index (χ2v) is 5.67. The molecule has 0 unspecified atom stereocenters. The summed E-state index contributed by atoms with van der Waals surface area (Å²) in [5.74, 6) is -0.0650. The molecule has 0 fully saturated rings. The molecular weight excluding hydrogens is 330 g/mol. The lowest BCUT2D eigenvalue weighted by Crippen LogP contribution is -2.44. The summed E-state index contributed by atoms with van der Waals surface area (Å²) in [5, 5.41) is 0.393. The zero-order chi connectivity index (χ0) is 15.9. The van der Waals surface area contributed by atoms with Gasteiger partial charge in [0, 0.05) is 24.2 Å². The molecular formula is C14H11Cl2FN4O. The Morgan fingerprint density at radius 1 is 1.36 bits per heavy atom. The van der Waals surface area contributed by atoms with Gasteiger partial charge in [-0.15, -0.1) is 0 Å². The molecule has 0 saturated carbocycles. The summed E-state index contributed by atoms with van der Waals surface area (Å²) in [6.45, 7) is 0.266. The molecule has 1 amide bonds. The number of amides is 1. The maximum absolute atomic E-state index is 14.0. The van der Waals surface area contributed by atoms with Gasteiger partial charge in [-0.05, 0) is 23.7 Å². The lowest BCUT2D eigenvalue weighted by atomic mass is 10.1. The largest absolute Gasteiger partial charge is 0.341 e. The first-order valence-electron chi connectivity index (χ1n) is 6.43. The van der Waals surface area contributed by atoms with E-state index in [1.807, 2.05) is 0 Å². The second kappa shape index (κ2) is 5.70. The molecule has 22 heavy (non-hydrogen) atoms. The molecule has 0 radical (unpaired) electrons. The Hall–Kier alpha value is -1.92. The summed E-state index contributed by atoms with van der Waals surface area (Å²) in [6, 6.07) is 4.43. The van der Waals surface area contributed by atoms with Crippen molar-refractivity contribution in [3.05, 3.63) is 46.1 Å². The van der Waals surface area contributed by atoms with Crippen LogP contribution in [-0.2, 0) is 11.3 Å². The monoisotopic (exact) mass is 340 g/mol. The number of carbonyl (C=O) groups excluding carboxylic acids is 1. The van der Waals surface area contributed by atoms with E-state index in [2.05, 4.69) is 9.97 Å². The standard InChI is InChI=1S/C14H11Cl2FN4O/c1-20-11-5-18-14(16)19-13(11)21(7-12(20)22)6-8-2-3-9(15)4-10(8)17/h2-5H,6-7H2,1H3. The highest BCUT2D eigenvalue weighted by Gasteiger charge is 2.29. The van der Waals surface area contributed by atoms with Crippen LogP contribution in [0.1, 0.15) is 5.56 Å². The molecule has 2 heterocycles.